The molecular weight excluding hydrogens is 395 g/mol. The number of phenols is 1. The highest BCUT2D eigenvalue weighted by molar-refractivity contribution is 6.30. The molecule has 0 aromatic heterocycles. The van der Waals surface area contributed by atoms with Gasteiger partial charge in [0.15, 0.2) is 5.78 Å². The Morgan fingerprint density at radius 1 is 1.24 bits per heavy atom. The number of methoxy groups -OCH3 is 1. The van der Waals surface area contributed by atoms with E-state index < -0.39 is 5.82 Å². The van der Waals surface area contributed by atoms with Crippen molar-refractivity contribution in [3.8, 4) is 5.75 Å². The van der Waals surface area contributed by atoms with E-state index in [0.29, 0.717) is 11.5 Å². The van der Waals surface area contributed by atoms with Crippen LogP contribution in [0.4, 0.5) is 4.39 Å². The number of esters is 1. The molecule has 2 aromatic carbocycles. The number of aryl methyl sites for hydroxylation is 1. The van der Waals surface area contributed by atoms with Gasteiger partial charge < -0.3 is 9.84 Å². The lowest BCUT2D eigenvalue weighted by molar-refractivity contribution is -0.145. The molecule has 1 fully saturated rings. The van der Waals surface area contributed by atoms with Crippen LogP contribution in [-0.4, -0.2) is 24.0 Å². The van der Waals surface area contributed by atoms with E-state index in [2.05, 4.69) is 0 Å². The standard InChI is InChI=1S/C23H24ClFO4/c1-13(23(28)29-2)22(15-4-5-15)16-6-3-14(21(27)11-16)7-10-20(26)18-9-8-17(24)12-19(18)25/h3,6,8-9,11-13,15,22,27H,4-5,7,10H2,1-2H3. The van der Waals surface area contributed by atoms with Gasteiger partial charge in [-0.1, -0.05) is 30.7 Å². The first-order chi connectivity index (χ1) is 13.8. The summed E-state index contributed by atoms with van der Waals surface area (Å²) < 4.78 is 18.8. The Labute approximate surface area is 174 Å². The van der Waals surface area contributed by atoms with Crippen LogP contribution in [-0.2, 0) is 16.0 Å². The van der Waals surface area contributed by atoms with Crippen molar-refractivity contribution >= 4 is 23.4 Å². The van der Waals surface area contributed by atoms with Gasteiger partial charge in [0, 0.05) is 11.4 Å². The average molecular weight is 419 g/mol. The maximum Gasteiger partial charge on any atom is 0.309 e. The number of ether oxygens (including phenoxy) is 1. The summed E-state index contributed by atoms with van der Waals surface area (Å²) in [6, 6.07) is 9.30. The molecule has 1 N–H and O–H groups in total. The van der Waals surface area contributed by atoms with Crippen LogP contribution in [0.2, 0.25) is 5.02 Å². The first-order valence-corrected chi connectivity index (χ1v) is 10.1. The van der Waals surface area contributed by atoms with Crippen LogP contribution in [0, 0.1) is 17.7 Å². The summed E-state index contributed by atoms with van der Waals surface area (Å²) >= 11 is 5.72. The molecule has 0 radical (unpaired) electrons. The maximum atomic E-state index is 13.9. The van der Waals surface area contributed by atoms with Gasteiger partial charge in [0.05, 0.1) is 18.6 Å². The van der Waals surface area contributed by atoms with Crippen molar-refractivity contribution in [2.75, 3.05) is 7.11 Å². The van der Waals surface area contributed by atoms with Crippen molar-refractivity contribution in [1.29, 1.82) is 0 Å². The molecule has 1 saturated carbocycles. The number of Topliss-reactive ketones (excluding diaryl/α,β-unsaturated/α-hetero) is 1. The molecule has 0 spiro atoms. The second-order valence-electron chi connectivity index (χ2n) is 7.61. The summed E-state index contributed by atoms with van der Waals surface area (Å²) in [4.78, 5) is 24.3. The third-order valence-corrected chi connectivity index (χ3v) is 5.82. The fourth-order valence-corrected chi connectivity index (χ4v) is 4.01. The molecule has 6 heteroatoms. The predicted octanol–water partition coefficient (Wildman–Crippen LogP) is 5.30. The van der Waals surface area contributed by atoms with Gasteiger partial charge in [-0.15, -0.1) is 0 Å². The van der Waals surface area contributed by atoms with Crippen LogP contribution in [0.1, 0.15) is 53.6 Å². The minimum Gasteiger partial charge on any atom is -0.508 e. The first kappa shape index (κ1) is 21.3. The SMILES string of the molecule is COC(=O)C(C)C(c1ccc(CCC(=O)c2ccc(Cl)cc2F)c(O)c1)C1CC1. The Balaban J connectivity index is 1.72. The summed E-state index contributed by atoms with van der Waals surface area (Å²) in [5.74, 6) is -1.08. The number of hydrogen-bond acceptors (Lipinski definition) is 4. The smallest absolute Gasteiger partial charge is 0.309 e. The second-order valence-corrected chi connectivity index (χ2v) is 8.05. The van der Waals surface area contributed by atoms with E-state index in [-0.39, 0.29) is 52.8 Å². The van der Waals surface area contributed by atoms with Crippen molar-refractivity contribution in [1.82, 2.24) is 0 Å². The zero-order valence-corrected chi connectivity index (χ0v) is 17.2. The molecule has 1 aliphatic rings. The van der Waals surface area contributed by atoms with E-state index in [0.717, 1.165) is 24.5 Å². The quantitative estimate of drug-likeness (QED) is 0.466. The van der Waals surface area contributed by atoms with Crippen LogP contribution in [0.25, 0.3) is 0 Å². The van der Waals surface area contributed by atoms with Crippen LogP contribution >= 0.6 is 11.6 Å². The minimum atomic E-state index is -0.647. The molecule has 2 aromatic rings. The number of ketones is 1. The lowest BCUT2D eigenvalue weighted by Gasteiger charge is -2.23. The first-order valence-electron chi connectivity index (χ1n) is 9.69. The summed E-state index contributed by atoms with van der Waals surface area (Å²) in [6.07, 6.45) is 2.45. The number of halogens is 2. The molecule has 0 aliphatic heterocycles. The Kier molecular flexibility index (Phi) is 6.58. The lowest BCUT2D eigenvalue weighted by atomic mass is 9.82. The second kappa shape index (κ2) is 8.95. The van der Waals surface area contributed by atoms with Crippen molar-refractivity contribution in [3.05, 3.63) is 63.9 Å². The fourth-order valence-electron chi connectivity index (χ4n) is 3.86. The molecule has 2 atom stereocenters. The number of rotatable bonds is 8. The van der Waals surface area contributed by atoms with Crippen molar-refractivity contribution in [2.24, 2.45) is 11.8 Å². The van der Waals surface area contributed by atoms with Crippen molar-refractivity contribution in [2.45, 2.75) is 38.5 Å². The minimum absolute atomic E-state index is 0.00723. The maximum absolute atomic E-state index is 13.9. The van der Waals surface area contributed by atoms with Gasteiger partial charge in [0.2, 0.25) is 0 Å². The topological polar surface area (TPSA) is 63.6 Å². The van der Waals surface area contributed by atoms with Gasteiger partial charge in [-0.2, -0.15) is 0 Å². The highest BCUT2D eigenvalue weighted by atomic mass is 35.5. The fraction of sp³-hybridized carbons (Fsp3) is 0.391. The molecule has 0 amide bonds. The molecule has 154 valence electrons. The molecule has 4 nitrogen and oxygen atoms in total. The molecule has 1 aliphatic carbocycles. The highest BCUT2D eigenvalue weighted by Crippen LogP contribution is 2.47. The summed E-state index contributed by atoms with van der Waals surface area (Å²) in [5, 5.41) is 10.7. The van der Waals surface area contributed by atoms with Gasteiger partial charge >= 0.3 is 5.97 Å². The van der Waals surface area contributed by atoms with Crippen LogP contribution in [0.3, 0.4) is 0 Å². The van der Waals surface area contributed by atoms with Gasteiger partial charge in [0.25, 0.3) is 0 Å². The number of aromatic hydroxyl groups is 1. The third-order valence-electron chi connectivity index (χ3n) is 5.59. The van der Waals surface area contributed by atoms with E-state index in [1.807, 2.05) is 13.0 Å². The average Bonchev–Trinajstić information content (AvgIpc) is 3.51. The number of carbonyl (C=O) groups is 2. The zero-order valence-electron chi connectivity index (χ0n) is 16.5. The summed E-state index contributed by atoms with van der Waals surface area (Å²) in [5.41, 5.74) is 1.49. The normalized spacial score (nSPS) is 15.6. The molecular formula is C23H24ClFO4. The number of benzene rings is 2. The Morgan fingerprint density at radius 2 is 1.97 bits per heavy atom. The molecule has 0 saturated heterocycles. The van der Waals surface area contributed by atoms with E-state index >= 15 is 0 Å². The Bertz CT molecular complexity index is 923. The van der Waals surface area contributed by atoms with Crippen LogP contribution in [0.5, 0.6) is 5.75 Å². The van der Waals surface area contributed by atoms with Crippen LogP contribution in [0.15, 0.2) is 36.4 Å². The van der Waals surface area contributed by atoms with Gasteiger partial charge in [-0.25, -0.2) is 4.39 Å². The van der Waals surface area contributed by atoms with Gasteiger partial charge in [0.1, 0.15) is 11.6 Å². The van der Waals surface area contributed by atoms with E-state index in [1.54, 1.807) is 12.1 Å². The predicted molar refractivity (Wildman–Crippen MR) is 109 cm³/mol. The Morgan fingerprint density at radius 3 is 2.55 bits per heavy atom. The van der Waals surface area contributed by atoms with Crippen molar-refractivity contribution in [3.63, 3.8) is 0 Å². The largest absolute Gasteiger partial charge is 0.508 e. The third kappa shape index (κ3) is 4.96. The number of carbonyl (C=O) groups excluding carboxylic acids is 2. The van der Waals surface area contributed by atoms with E-state index in [9.17, 15) is 19.1 Å². The number of phenolic OH excluding ortho intramolecular Hbond substituents is 1. The van der Waals surface area contributed by atoms with E-state index in [4.69, 9.17) is 16.3 Å². The molecule has 2 unspecified atom stereocenters. The summed E-state index contributed by atoms with van der Waals surface area (Å²) in [7, 11) is 1.38. The lowest BCUT2D eigenvalue weighted by Crippen LogP contribution is -2.22. The van der Waals surface area contributed by atoms with Crippen molar-refractivity contribution < 1.29 is 23.8 Å². The van der Waals surface area contributed by atoms with E-state index in [1.165, 1.54) is 19.2 Å². The monoisotopic (exact) mass is 418 g/mol. The van der Waals surface area contributed by atoms with Crippen LogP contribution < -0.4 is 0 Å². The molecule has 0 heterocycles. The molecule has 3 rings (SSSR count). The zero-order chi connectivity index (χ0) is 21.1. The Hall–Kier alpha value is -2.40. The van der Waals surface area contributed by atoms with Gasteiger partial charge in [-0.3, -0.25) is 9.59 Å². The molecule has 0 bridgehead atoms. The highest BCUT2D eigenvalue weighted by Gasteiger charge is 2.39. The van der Waals surface area contributed by atoms with Gasteiger partial charge in [-0.05, 0) is 66.5 Å². The summed E-state index contributed by atoms with van der Waals surface area (Å²) in [6.45, 7) is 1.85. The molecule has 29 heavy (non-hydrogen) atoms. The number of hydrogen-bond donors (Lipinski definition) is 1.